The van der Waals surface area contributed by atoms with E-state index in [4.69, 9.17) is 4.74 Å². The van der Waals surface area contributed by atoms with Gasteiger partial charge in [-0.25, -0.2) is 0 Å². The largest absolute Gasteiger partial charge is 0.460 e. The summed E-state index contributed by atoms with van der Waals surface area (Å²) in [5.41, 5.74) is 0.997. The summed E-state index contributed by atoms with van der Waals surface area (Å²) in [4.78, 5) is 11.2. The lowest BCUT2D eigenvalue weighted by atomic mass is 10.2. The lowest BCUT2D eigenvalue weighted by molar-refractivity contribution is -0.146. The minimum absolute atomic E-state index is 0.246. The van der Waals surface area contributed by atoms with Gasteiger partial charge in [-0.3, -0.25) is 9.88 Å². The van der Waals surface area contributed by atoms with Gasteiger partial charge in [-0.1, -0.05) is 39.7 Å². The van der Waals surface area contributed by atoms with Crippen LogP contribution in [0.5, 0.6) is 0 Å². The van der Waals surface area contributed by atoms with Crippen molar-refractivity contribution in [2.24, 2.45) is 0 Å². The monoisotopic (exact) mass is 211 g/mol. The fraction of sp³-hybridized carbons (Fsp3) is 0.300. The zero-order valence-corrected chi connectivity index (χ0v) is 9.22. The lowest BCUT2D eigenvalue weighted by Gasteiger charge is -2.09. The third-order valence-electron chi connectivity index (χ3n) is 1.83. The van der Waals surface area contributed by atoms with Gasteiger partial charge >= 0.3 is 5.97 Å². The smallest absolute Gasteiger partial charge is 0.323 e. The Hall–Kier alpha value is -0.920. The second-order valence-electron chi connectivity index (χ2n) is 2.98. The Morgan fingerprint density at radius 3 is 2.71 bits per heavy atom. The maximum absolute atomic E-state index is 11.2. The number of benzene rings is 1. The number of carbonyl (C=O) groups excluding carboxylic acids is 1. The minimum Gasteiger partial charge on any atom is -0.460 e. The first kappa shape index (κ1) is 11.2. The van der Waals surface area contributed by atoms with E-state index in [9.17, 15) is 4.79 Å². The lowest BCUT2D eigenvalue weighted by Crippen LogP contribution is -2.28. The molecule has 1 aromatic carbocycles. The Labute approximate surface area is 86.1 Å². The highest BCUT2D eigenvalue weighted by Gasteiger charge is 2.11. The molecule has 1 aromatic rings. The summed E-state index contributed by atoms with van der Waals surface area (Å²) in [6.07, 6.45) is 0. The zero-order chi connectivity index (χ0) is 10.4. The first-order valence-electron chi connectivity index (χ1n) is 4.40. The van der Waals surface area contributed by atoms with Gasteiger partial charge in [-0.15, -0.1) is 0 Å². The van der Waals surface area contributed by atoms with E-state index in [2.05, 4.69) is 14.5 Å². The number of hydrogen-bond acceptors (Lipinski definition) is 3. The van der Waals surface area contributed by atoms with E-state index in [1.807, 2.05) is 30.3 Å². The standard InChI is InChI=1S/C10H14NO2P/c1-8(11-14)10(12)13-7-9-5-3-2-4-6-9/h2-6,8,11H,7,14H2,1H3. The van der Waals surface area contributed by atoms with Gasteiger partial charge in [0.15, 0.2) is 0 Å². The van der Waals surface area contributed by atoms with Crippen molar-refractivity contribution in [1.29, 1.82) is 0 Å². The molecule has 0 saturated heterocycles. The molecule has 0 aliphatic rings. The molecule has 1 N–H and O–H groups in total. The zero-order valence-electron chi connectivity index (χ0n) is 8.07. The van der Waals surface area contributed by atoms with Crippen LogP contribution < -0.4 is 5.09 Å². The Balaban J connectivity index is 2.38. The molecular formula is C10H14NO2P. The molecule has 3 nitrogen and oxygen atoms in total. The van der Waals surface area contributed by atoms with Crippen LogP contribution in [-0.4, -0.2) is 12.0 Å². The number of esters is 1. The maximum atomic E-state index is 11.2. The van der Waals surface area contributed by atoms with Crippen molar-refractivity contribution in [3.63, 3.8) is 0 Å². The van der Waals surface area contributed by atoms with Gasteiger partial charge in [0.2, 0.25) is 0 Å². The van der Waals surface area contributed by atoms with E-state index >= 15 is 0 Å². The van der Waals surface area contributed by atoms with Crippen molar-refractivity contribution in [3.05, 3.63) is 35.9 Å². The maximum Gasteiger partial charge on any atom is 0.323 e. The quantitative estimate of drug-likeness (QED) is 0.605. The number of nitrogens with one attached hydrogen (secondary N) is 1. The van der Waals surface area contributed by atoms with Gasteiger partial charge in [-0.2, -0.15) is 0 Å². The summed E-state index contributed by atoms with van der Waals surface area (Å²) in [5.74, 6) is -0.246. The molecule has 0 spiro atoms. The van der Waals surface area contributed by atoms with Gasteiger partial charge in [0.1, 0.15) is 12.6 Å². The molecule has 0 saturated carbocycles. The van der Waals surface area contributed by atoms with Crippen LogP contribution in [0.1, 0.15) is 12.5 Å². The Morgan fingerprint density at radius 1 is 1.50 bits per heavy atom. The molecule has 0 amide bonds. The van der Waals surface area contributed by atoms with Crippen LogP contribution in [0.4, 0.5) is 0 Å². The SMILES string of the molecule is CC(NP)C(=O)OCc1ccccc1. The van der Waals surface area contributed by atoms with Crippen molar-refractivity contribution in [2.75, 3.05) is 0 Å². The Kier molecular flexibility index (Phi) is 4.57. The van der Waals surface area contributed by atoms with Crippen molar-refractivity contribution in [2.45, 2.75) is 19.6 Å². The highest BCUT2D eigenvalue weighted by molar-refractivity contribution is 7.13. The van der Waals surface area contributed by atoms with Crippen molar-refractivity contribution in [3.8, 4) is 0 Å². The van der Waals surface area contributed by atoms with Gasteiger partial charge in [0, 0.05) is 0 Å². The number of hydrogen-bond donors (Lipinski definition) is 1. The summed E-state index contributed by atoms with van der Waals surface area (Å²) in [6.45, 7) is 2.08. The number of carbonyl (C=O) groups is 1. The van der Waals surface area contributed by atoms with Crippen LogP contribution in [0.25, 0.3) is 0 Å². The first-order valence-corrected chi connectivity index (χ1v) is 4.98. The van der Waals surface area contributed by atoms with E-state index in [0.29, 0.717) is 6.61 Å². The molecule has 0 radical (unpaired) electrons. The van der Waals surface area contributed by atoms with E-state index in [-0.39, 0.29) is 12.0 Å². The molecule has 2 unspecified atom stereocenters. The molecule has 0 bridgehead atoms. The molecule has 0 aliphatic carbocycles. The molecule has 2 atom stereocenters. The topological polar surface area (TPSA) is 38.3 Å². The van der Waals surface area contributed by atoms with Gasteiger partial charge in [0.25, 0.3) is 0 Å². The summed E-state index contributed by atoms with van der Waals surface area (Å²) in [5, 5.41) is 2.74. The third kappa shape index (κ3) is 3.44. The fourth-order valence-corrected chi connectivity index (χ4v) is 1.06. The molecule has 14 heavy (non-hydrogen) atoms. The molecule has 1 rings (SSSR count). The van der Waals surface area contributed by atoms with Crippen molar-refractivity contribution in [1.82, 2.24) is 5.09 Å². The van der Waals surface area contributed by atoms with Gasteiger partial charge < -0.3 is 4.74 Å². The summed E-state index contributed by atoms with van der Waals surface area (Å²) in [6, 6.07) is 9.32. The van der Waals surface area contributed by atoms with E-state index in [1.54, 1.807) is 6.92 Å². The summed E-state index contributed by atoms with van der Waals surface area (Å²) >= 11 is 0. The second kappa shape index (κ2) is 5.74. The highest BCUT2D eigenvalue weighted by Crippen LogP contribution is 2.01. The third-order valence-corrected chi connectivity index (χ3v) is 2.33. The minimum atomic E-state index is -0.288. The molecule has 76 valence electrons. The van der Waals surface area contributed by atoms with Gasteiger partial charge in [0.05, 0.1) is 0 Å². The average molecular weight is 211 g/mol. The van der Waals surface area contributed by atoms with Crippen LogP contribution >= 0.6 is 9.39 Å². The molecular weight excluding hydrogens is 197 g/mol. The molecule has 0 aromatic heterocycles. The van der Waals surface area contributed by atoms with E-state index in [1.165, 1.54) is 0 Å². The first-order chi connectivity index (χ1) is 6.74. The molecule has 0 fully saturated rings. The van der Waals surface area contributed by atoms with Crippen molar-refractivity contribution < 1.29 is 9.53 Å². The predicted octanol–water partition coefficient (Wildman–Crippen LogP) is 1.50. The Bertz CT molecular complexity index is 289. The normalized spacial score (nSPS) is 12.1. The highest BCUT2D eigenvalue weighted by atomic mass is 31.0. The van der Waals surface area contributed by atoms with Gasteiger partial charge in [-0.05, 0) is 12.5 Å². The average Bonchev–Trinajstić information content (AvgIpc) is 2.26. The van der Waals surface area contributed by atoms with Crippen LogP contribution in [0.3, 0.4) is 0 Å². The second-order valence-corrected chi connectivity index (χ2v) is 3.31. The number of rotatable bonds is 4. The van der Waals surface area contributed by atoms with E-state index in [0.717, 1.165) is 5.56 Å². The molecule has 4 heteroatoms. The molecule has 0 aliphatic heterocycles. The number of ether oxygens (including phenoxy) is 1. The summed E-state index contributed by atoms with van der Waals surface area (Å²) < 4.78 is 5.07. The van der Waals surface area contributed by atoms with Crippen LogP contribution in [0, 0.1) is 0 Å². The van der Waals surface area contributed by atoms with Crippen LogP contribution in [0.15, 0.2) is 30.3 Å². The fourth-order valence-electron chi connectivity index (χ4n) is 0.922. The molecule has 0 heterocycles. The van der Waals surface area contributed by atoms with Crippen LogP contribution in [-0.2, 0) is 16.1 Å². The van der Waals surface area contributed by atoms with Crippen LogP contribution in [0.2, 0.25) is 0 Å². The summed E-state index contributed by atoms with van der Waals surface area (Å²) in [7, 11) is 2.29. The van der Waals surface area contributed by atoms with Crippen molar-refractivity contribution >= 4 is 15.4 Å². The predicted molar refractivity (Wildman–Crippen MR) is 58.5 cm³/mol. The Morgan fingerprint density at radius 2 is 2.14 bits per heavy atom. The van der Waals surface area contributed by atoms with E-state index < -0.39 is 0 Å².